The molecule has 1 aliphatic rings. The summed E-state index contributed by atoms with van der Waals surface area (Å²) in [5.74, 6) is 0.654. The Balaban J connectivity index is 1.57. The van der Waals surface area contributed by atoms with Crippen LogP contribution in [0.15, 0.2) is 48.5 Å². The highest BCUT2D eigenvalue weighted by Gasteiger charge is 2.19. The van der Waals surface area contributed by atoms with Crippen molar-refractivity contribution < 1.29 is 23.8 Å². The predicted molar refractivity (Wildman–Crippen MR) is 111 cm³/mol. The van der Waals surface area contributed by atoms with E-state index >= 15 is 0 Å². The van der Waals surface area contributed by atoms with Gasteiger partial charge in [0.05, 0.1) is 0 Å². The maximum absolute atomic E-state index is 12.5. The first kappa shape index (κ1) is 20.5. The average Bonchev–Trinajstić information content (AvgIpc) is 3.20. The number of fused-ring (bicyclic) bond motifs is 1. The van der Waals surface area contributed by atoms with Crippen molar-refractivity contribution in [2.24, 2.45) is 0 Å². The van der Waals surface area contributed by atoms with Gasteiger partial charge < -0.3 is 19.5 Å². The van der Waals surface area contributed by atoms with Gasteiger partial charge in [-0.1, -0.05) is 38.1 Å². The molecule has 1 N–H and O–H groups in total. The van der Waals surface area contributed by atoms with Gasteiger partial charge in [-0.15, -0.1) is 0 Å². The summed E-state index contributed by atoms with van der Waals surface area (Å²) < 4.78 is 15.8. The number of hydrogen-bond acceptors (Lipinski definition) is 5. The van der Waals surface area contributed by atoms with E-state index in [1.165, 1.54) is 6.08 Å². The molecule has 1 aliphatic heterocycles. The summed E-state index contributed by atoms with van der Waals surface area (Å²) >= 11 is 0. The molecule has 1 heterocycles. The van der Waals surface area contributed by atoms with Crippen molar-refractivity contribution in [1.82, 2.24) is 0 Å². The number of carbonyl (C=O) groups is 2. The van der Waals surface area contributed by atoms with Crippen molar-refractivity contribution in [1.29, 1.82) is 0 Å². The number of carbonyl (C=O) groups excluding carboxylic acids is 2. The first-order chi connectivity index (χ1) is 14.0. The highest BCUT2D eigenvalue weighted by Crippen LogP contribution is 2.32. The number of para-hydroxylation sites is 1. The normalized spacial score (nSPS) is 14.4. The number of esters is 1. The predicted octanol–water partition coefficient (Wildman–Crippen LogP) is 4.51. The molecule has 0 saturated carbocycles. The van der Waals surface area contributed by atoms with E-state index in [4.69, 9.17) is 14.2 Å². The van der Waals surface area contributed by atoms with Crippen LogP contribution < -0.4 is 14.8 Å². The van der Waals surface area contributed by atoms with Crippen LogP contribution in [-0.4, -0.2) is 24.8 Å². The van der Waals surface area contributed by atoms with Gasteiger partial charge in [0.25, 0.3) is 5.91 Å². The lowest BCUT2D eigenvalue weighted by atomic mass is 9.97. The molecular formula is C23H25NO5. The Hall–Kier alpha value is -3.28. The monoisotopic (exact) mass is 395 g/mol. The standard InChI is InChI=1S/C23H25NO5/c1-4-15(2)18-7-5-6-8-19(18)24-23(26)16(3)29-22(25)12-10-17-9-11-20-21(13-17)28-14-27-20/h5-13,15-16H,4,14H2,1-3H3,(H,24,26)/b12-10+/t15-,16+/m1/s1. The quantitative estimate of drug-likeness (QED) is 0.551. The Morgan fingerprint density at radius 1 is 1.14 bits per heavy atom. The number of anilines is 1. The fourth-order valence-electron chi connectivity index (χ4n) is 2.94. The van der Waals surface area contributed by atoms with Gasteiger partial charge >= 0.3 is 5.97 Å². The van der Waals surface area contributed by atoms with Crippen LogP contribution in [0.1, 0.15) is 44.2 Å². The molecule has 2 atom stereocenters. The van der Waals surface area contributed by atoms with Gasteiger partial charge in [0.2, 0.25) is 6.79 Å². The Kier molecular flexibility index (Phi) is 6.54. The first-order valence-corrected chi connectivity index (χ1v) is 9.66. The first-order valence-electron chi connectivity index (χ1n) is 9.66. The van der Waals surface area contributed by atoms with E-state index in [1.54, 1.807) is 31.2 Å². The van der Waals surface area contributed by atoms with Crippen LogP contribution in [0.2, 0.25) is 0 Å². The number of hydrogen-bond donors (Lipinski definition) is 1. The minimum atomic E-state index is -0.922. The van der Waals surface area contributed by atoms with E-state index in [0.717, 1.165) is 23.2 Å². The molecule has 3 rings (SSSR count). The summed E-state index contributed by atoms with van der Waals surface area (Å²) in [6, 6.07) is 13.0. The topological polar surface area (TPSA) is 73.9 Å². The summed E-state index contributed by atoms with van der Waals surface area (Å²) in [6.45, 7) is 5.94. The van der Waals surface area contributed by atoms with Crippen LogP contribution in [0, 0.1) is 0 Å². The summed E-state index contributed by atoms with van der Waals surface area (Å²) in [4.78, 5) is 24.6. The lowest BCUT2D eigenvalue weighted by Gasteiger charge is -2.17. The SMILES string of the molecule is CC[C@@H](C)c1ccccc1NC(=O)[C@H](C)OC(=O)/C=C/c1ccc2c(c1)OCO2. The van der Waals surface area contributed by atoms with E-state index in [-0.39, 0.29) is 12.7 Å². The van der Waals surface area contributed by atoms with Crippen molar-refractivity contribution in [2.45, 2.75) is 39.2 Å². The van der Waals surface area contributed by atoms with Crippen LogP contribution in [-0.2, 0) is 14.3 Å². The highest BCUT2D eigenvalue weighted by atomic mass is 16.7. The average molecular weight is 395 g/mol. The molecule has 6 heteroatoms. The summed E-state index contributed by atoms with van der Waals surface area (Å²) in [7, 11) is 0. The molecule has 0 spiro atoms. The molecule has 152 valence electrons. The van der Waals surface area contributed by atoms with Gasteiger partial charge in [-0.2, -0.15) is 0 Å². The Labute approximate surface area is 170 Å². The van der Waals surface area contributed by atoms with Crippen LogP contribution in [0.5, 0.6) is 11.5 Å². The van der Waals surface area contributed by atoms with E-state index in [9.17, 15) is 9.59 Å². The van der Waals surface area contributed by atoms with Gasteiger partial charge in [-0.3, -0.25) is 4.79 Å². The molecular weight excluding hydrogens is 370 g/mol. The van der Waals surface area contributed by atoms with Crippen molar-refractivity contribution in [3.8, 4) is 11.5 Å². The molecule has 0 radical (unpaired) electrons. The van der Waals surface area contributed by atoms with Crippen molar-refractivity contribution in [3.63, 3.8) is 0 Å². The largest absolute Gasteiger partial charge is 0.454 e. The second-order valence-corrected chi connectivity index (χ2v) is 6.91. The third-order valence-electron chi connectivity index (χ3n) is 4.83. The third kappa shape index (κ3) is 5.16. The minimum Gasteiger partial charge on any atom is -0.454 e. The number of rotatable bonds is 7. The van der Waals surface area contributed by atoms with Crippen LogP contribution in [0.4, 0.5) is 5.69 Å². The number of nitrogens with one attached hydrogen (secondary N) is 1. The molecule has 1 amide bonds. The fourth-order valence-corrected chi connectivity index (χ4v) is 2.94. The number of ether oxygens (including phenoxy) is 3. The third-order valence-corrected chi connectivity index (χ3v) is 4.83. The Morgan fingerprint density at radius 3 is 2.69 bits per heavy atom. The second-order valence-electron chi connectivity index (χ2n) is 6.91. The van der Waals surface area contributed by atoms with Crippen molar-refractivity contribution >= 4 is 23.6 Å². The van der Waals surface area contributed by atoms with Crippen LogP contribution >= 0.6 is 0 Å². The second kappa shape index (κ2) is 9.28. The molecule has 29 heavy (non-hydrogen) atoms. The molecule has 0 aromatic heterocycles. The van der Waals surface area contributed by atoms with Gasteiger partial charge in [0.1, 0.15) is 0 Å². The zero-order valence-corrected chi connectivity index (χ0v) is 16.8. The minimum absolute atomic E-state index is 0.192. The van der Waals surface area contributed by atoms with Crippen LogP contribution in [0.3, 0.4) is 0 Å². The molecule has 0 saturated heterocycles. The summed E-state index contributed by atoms with van der Waals surface area (Å²) in [6.07, 6.45) is 2.93. The van der Waals surface area contributed by atoms with Crippen molar-refractivity contribution in [2.75, 3.05) is 12.1 Å². The lowest BCUT2D eigenvalue weighted by molar-refractivity contribution is -0.148. The molecule has 0 fully saturated rings. The summed E-state index contributed by atoms with van der Waals surface area (Å²) in [5, 5.41) is 2.86. The lowest BCUT2D eigenvalue weighted by Crippen LogP contribution is -2.29. The van der Waals surface area contributed by atoms with Gasteiger partial charge in [0.15, 0.2) is 17.6 Å². The fraction of sp³-hybridized carbons (Fsp3) is 0.304. The van der Waals surface area contributed by atoms with E-state index in [2.05, 4.69) is 19.2 Å². The summed E-state index contributed by atoms with van der Waals surface area (Å²) in [5.41, 5.74) is 2.57. The van der Waals surface area contributed by atoms with Crippen molar-refractivity contribution in [3.05, 3.63) is 59.7 Å². The number of benzene rings is 2. The maximum Gasteiger partial charge on any atom is 0.331 e. The van der Waals surface area contributed by atoms with E-state index in [0.29, 0.717) is 17.4 Å². The molecule has 0 bridgehead atoms. The van der Waals surface area contributed by atoms with Gasteiger partial charge in [-0.05, 0) is 54.7 Å². The number of amides is 1. The van der Waals surface area contributed by atoms with Gasteiger partial charge in [-0.25, -0.2) is 4.79 Å². The smallest absolute Gasteiger partial charge is 0.331 e. The maximum atomic E-state index is 12.5. The molecule has 2 aromatic rings. The molecule has 6 nitrogen and oxygen atoms in total. The van der Waals surface area contributed by atoms with E-state index < -0.39 is 12.1 Å². The zero-order chi connectivity index (χ0) is 20.8. The van der Waals surface area contributed by atoms with Gasteiger partial charge in [0, 0.05) is 11.8 Å². The Morgan fingerprint density at radius 2 is 1.90 bits per heavy atom. The Bertz CT molecular complexity index is 921. The molecule has 2 aromatic carbocycles. The molecule has 0 aliphatic carbocycles. The van der Waals surface area contributed by atoms with Crippen LogP contribution in [0.25, 0.3) is 6.08 Å². The zero-order valence-electron chi connectivity index (χ0n) is 16.8. The molecule has 0 unspecified atom stereocenters. The highest BCUT2D eigenvalue weighted by molar-refractivity contribution is 5.97. The van der Waals surface area contributed by atoms with E-state index in [1.807, 2.05) is 24.3 Å².